The van der Waals surface area contributed by atoms with Gasteiger partial charge in [0, 0.05) is 16.9 Å². The van der Waals surface area contributed by atoms with Gasteiger partial charge in [-0.15, -0.1) is 0 Å². The van der Waals surface area contributed by atoms with Crippen LogP contribution in [0.5, 0.6) is 5.75 Å². The van der Waals surface area contributed by atoms with Gasteiger partial charge in [0.2, 0.25) is 23.6 Å². The van der Waals surface area contributed by atoms with Gasteiger partial charge < -0.3 is 4.74 Å². The molecule has 1 saturated carbocycles. The van der Waals surface area contributed by atoms with Crippen molar-refractivity contribution in [3.63, 3.8) is 0 Å². The van der Waals surface area contributed by atoms with Crippen molar-refractivity contribution in [2.75, 3.05) is 0 Å². The molecular weight excluding hydrogens is 544 g/mol. The molecule has 216 valence electrons. The fraction of sp³-hybridized carbons (Fsp3) is 0.286. The van der Waals surface area contributed by atoms with E-state index in [0.717, 1.165) is 11.1 Å². The average molecular weight is 575 g/mol. The number of carbonyl (C=O) groups excluding carboxylic acids is 5. The lowest BCUT2D eigenvalue weighted by Crippen LogP contribution is -2.61. The van der Waals surface area contributed by atoms with Crippen molar-refractivity contribution in [2.24, 2.45) is 35.0 Å². The molecule has 2 bridgehead atoms. The fourth-order valence-electron chi connectivity index (χ4n) is 8.22. The summed E-state index contributed by atoms with van der Waals surface area (Å²) in [4.78, 5) is 73.2. The number of esters is 1. The van der Waals surface area contributed by atoms with Gasteiger partial charge in [-0.3, -0.25) is 29.0 Å². The van der Waals surface area contributed by atoms with E-state index in [1.165, 1.54) is 9.80 Å². The minimum atomic E-state index is -1.43. The maximum Gasteiger partial charge on any atom is 0.339 e. The zero-order valence-corrected chi connectivity index (χ0v) is 23.8. The van der Waals surface area contributed by atoms with Crippen LogP contribution in [0.2, 0.25) is 0 Å². The van der Waals surface area contributed by atoms with E-state index >= 15 is 0 Å². The summed E-state index contributed by atoms with van der Waals surface area (Å²) >= 11 is 0. The third kappa shape index (κ3) is 3.85. The number of allylic oxidation sites excluding steroid dienone is 1. The molecule has 0 spiro atoms. The number of imide groups is 2. The largest absolute Gasteiger partial charge is 0.423 e. The Kier molecular flexibility index (Phi) is 6.20. The van der Waals surface area contributed by atoms with Crippen molar-refractivity contribution in [3.8, 4) is 5.75 Å². The lowest BCUT2D eigenvalue weighted by Gasteiger charge is -2.55. The van der Waals surface area contributed by atoms with Crippen LogP contribution < -0.4 is 4.74 Å². The molecule has 8 heteroatoms. The van der Waals surface area contributed by atoms with E-state index in [4.69, 9.17) is 4.74 Å². The fourth-order valence-corrected chi connectivity index (χ4v) is 8.22. The van der Waals surface area contributed by atoms with Crippen LogP contribution in [0.15, 0.2) is 102 Å². The molecule has 2 saturated heterocycles. The molecule has 3 aromatic carbocycles. The number of benzene rings is 3. The van der Waals surface area contributed by atoms with Crippen LogP contribution in [0.1, 0.15) is 25.0 Å². The van der Waals surface area contributed by atoms with Gasteiger partial charge in [0.1, 0.15) is 5.75 Å². The van der Waals surface area contributed by atoms with Crippen LogP contribution in [-0.2, 0) is 37.1 Å². The minimum Gasteiger partial charge on any atom is -0.423 e. The van der Waals surface area contributed by atoms with Gasteiger partial charge in [-0.25, -0.2) is 4.79 Å². The van der Waals surface area contributed by atoms with Crippen LogP contribution >= 0.6 is 0 Å². The molecule has 3 aliphatic carbocycles. The minimum absolute atomic E-state index is 0.0779. The number of hydrogen-bond donors (Lipinski definition) is 0. The Bertz CT molecular complexity index is 1610. The first-order chi connectivity index (χ1) is 20.7. The van der Waals surface area contributed by atoms with Crippen molar-refractivity contribution in [1.29, 1.82) is 0 Å². The lowest BCUT2D eigenvalue weighted by molar-refractivity contribution is -0.152. The SMILES string of the molecule is CC1=C(C(=O)Oc2ccccc2)C2(C)[C@H]3C(=O)N(Cc4ccccc4)C(=O)[C@@H]3C1[C@@H]1C(=O)N(Cc3ccccc3)C(=O)[C@@H]12. The standard InChI is InChI=1S/C35H30N2O6/c1-20-24-25-28(32(40)36(30(25)38)18-21-12-6-3-7-13-21)35(2,27(20)34(42)43-23-16-10-5-11-17-23)29-26(24)31(39)37(33(29)41)19-22-14-8-4-9-15-22/h3-17,24-26,28-29H,18-19H2,1-2H3/t24?,25-,26+,28-,29-,35?/m1/s1. The number of hydrogen-bond acceptors (Lipinski definition) is 6. The molecule has 0 aromatic heterocycles. The molecule has 2 aliphatic heterocycles. The predicted octanol–water partition coefficient (Wildman–Crippen LogP) is 4.16. The molecule has 0 radical (unpaired) electrons. The number of para-hydroxylation sites is 1. The molecule has 0 N–H and O–H groups in total. The van der Waals surface area contributed by atoms with E-state index in [9.17, 15) is 24.0 Å². The zero-order chi connectivity index (χ0) is 30.0. The molecule has 2 heterocycles. The number of nitrogens with zero attached hydrogens (tertiary/aromatic N) is 2. The molecule has 5 aliphatic rings. The number of ether oxygens (including phenoxy) is 1. The normalized spacial score (nSPS) is 29.3. The van der Waals surface area contributed by atoms with E-state index in [0.29, 0.717) is 11.3 Å². The van der Waals surface area contributed by atoms with E-state index in [2.05, 4.69) is 0 Å². The van der Waals surface area contributed by atoms with E-state index in [1.54, 1.807) is 44.2 Å². The molecule has 2 unspecified atom stereocenters. The van der Waals surface area contributed by atoms with Crippen molar-refractivity contribution >= 4 is 29.6 Å². The topological polar surface area (TPSA) is 101 Å². The summed E-state index contributed by atoms with van der Waals surface area (Å²) < 4.78 is 5.79. The van der Waals surface area contributed by atoms with Gasteiger partial charge in [0.25, 0.3) is 0 Å². The number of carbonyl (C=O) groups is 5. The number of likely N-dealkylation sites (tertiary alicyclic amines) is 2. The van der Waals surface area contributed by atoms with Gasteiger partial charge in [-0.05, 0) is 30.2 Å². The Hall–Kier alpha value is -4.85. The summed E-state index contributed by atoms with van der Waals surface area (Å²) in [6, 6.07) is 27.0. The highest BCUT2D eigenvalue weighted by molar-refractivity contribution is 6.13. The van der Waals surface area contributed by atoms with Gasteiger partial charge in [-0.2, -0.15) is 0 Å². The second kappa shape index (κ2) is 9.87. The summed E-state index contributed by atoms with van der Waals surface area (Å²) in [5, 5.41) is 0. The summed E-state index contributed by atoms with van der Waals surface area (Å²) in [7, 11) is 0. The third-order valence-corrected chi connectivity index (χ3v) is 9.91. The Morgan fingerprint density at radius 3 is 1.51 bits per heavy atom. The molecule has 6 atom stereocenters. The highest BCUT2D eigenvalue weighted by Gasteiger charge is 2.76. The summed E-state index contributed by atoms with van der Waals surface area (Å²) in [6.07, 6.45) is 0. The van der Waals surface area contributed by atoms with Gasteiger partial charge in [0.15, 0.2) is 0 Å². The second-order valence-electron chi connectivity index (χ2n) is 12.1. The number of amides is 4. The van der Waals surface area contributed by atoms with Gasteiger partial charge in [0.05, 0.1) is 36.8 Å². The van der Waals surface area contributed by atoms with Crippen molar-refractivity contribution < 1.29 is 28.7 Å². The van der Waals surface area contributed by atoms with E-state index in [-0.39, 0.29) is 30.5 Å². The Morgan fingerprint density at radius 1 is 0.651 bits per heavy atom. The van der Waals surface area contributed by atoms with Gasteiger partial charge >= 0.3 is 5.97 Å². The Balaban J connectivity index is 1.34. The quantitative estimate of drug-likeness (QED) is 0.249. The summed E-state index contributed by atoms with van der Waals surface area (Å²) in [5.74, 6) is -6.40. The maximum absolute atomic E-state index is 14.3. The first kappa shape index (κ1) is 27.0. The second-order valence-corrected chi connectivity index (χ2v) is 12.1. The summed E-state index contributed by atoms with van der Waals surface area (Å²) in [5.41, 5.74) is 0.895. The van der Waals surface area contributed by atoms with E-state index < -0.39 is 52.8 Å². The highest BCUT2D eigenvalue weighted by Crippen LogP contribution is 2.68. The Labute approximate surface area is 248 Å². The van der Waals surface area contributed by atoms with Crippen LogP contribution in [0.4, 0.5) is 0 Å². The Morgan fingerprint density at radius 2 is 1.07 bits per heavy atom. The van der Waals surface area contributed by atoms with E-state index in [1.807, 2.05) is 60.7 Å². The van der Waals surface area contributed by atoms with Crippen LogP contribution in [-0.4, -0.2) is 39.4 Å². The lowest BCUT2D eigenvalue weighted by atomic mass is 9.43. The molecular formula is C35H30N2O6. The van der Waals surface area contributed by atoms with Crippen molar-refractivity contribution in [3.05, 3.63) is 113 Å². The average Bonchev–Trinajstić information content (AvgIpc) is 3.41. The molecule has 8 nitrogen and oxygen atoms in total. The molecule has 3 fully saturated rings. The predicted molar refractivity (Wildman–Crippen MR) is 154 cm³/mol. The molecule has 4 amide bonds. The molecule has 8 rings (SSSR count). The smallest absolute Gasteiger partial charge is 0.339 e. The highest BCUT2D eigenvalue weighted by atomic mass is 16.5. The van der Waals surface area contributed by atoms with Crippen LogP contribution in [0.3, 0.4) is 0 Å². The van der Waals surface area contributed by atoms with Crippen LogP contribution in [0.25, 0.3) is 0 Å². The van der Waals surface area contributed by atoms with Crippen molar-refractivity contribution in [1.82, 2.24) is 9.80 Å². The monoisotopic (exact) mass is 574 g/mol. The first-order valence-electron chi connectivity index (χ1n) is 14.5. The van der Waals surface area contributed by atoms with Crippen LogP contribution in [0, 0.1) is 35.0 Å². The third-order valence-electron chi connectivity index (χ3n) is 9.91. The van der Waals surface area contributed by atoms with Gasteiger partial charge in [-0.1, -0.05) is 91.4 Å². The maximum atomic E-state index is 14.3. The molecule has 3 aromatic rings. The zero-order valence-electron chi connectivity index (χ0n) is 23.8. The first-order valence-corrected chi connectivity index (χ1v) is 14.5. The summed E-state index contributed by atoms with van der Waals surface area (Å²) in [6.45, 7) is 3.60. The number of rotatable bonds is 6. The van der Waals surface area contributed by atoms with Crippen molar-refractivity contribution in [2.45, 2.75) is 26.9 Å². The molecule has 43 heavy (non-hydrogen) atoms.